The summed E-state index contributed by atoms with van der Waals surface area (Å²) < 4.78 is 17.0. The summed E-state index contributed by atoms with van der Waals surface area (Å²) in [6.45, 7) is 14.3. The molecule has 0 saturated heterocycles. The van der Waals surface area contributed by atoms with Crippen molar-refractivity contribution in [1.82, 2.24) is 21.3 Å². The molecule has 0 radical (unpaired) electrons. The highest BCUT2D eigenvalue weighted by Crippen LogP contribution is 2.67. The third-order valence-corrected chi connectivity index (χ3v) is 14.8. The van der Waals surface area contributed by atoms with Crippen LogP contribution in [0.3, 0.4) is 0 Å². The van der Waals surface area contributed by atoms with Crippen LogP contribution in [0.25, 0.3) is 0 Å². The molecule has 64 heavy (non-hydrogen) atoms. The van der Waals surface area contributed by atoms with Crippen molar-refractivity contribution in [2.75, 3.05) is 59.2 Å². The fourth-order valence-corrected chi connectivity index (χ4v) is 11.6. The number of allylic oxidation sites excluding steroid dienone is 1. The summed E-state index contributed by atoms with van der Waals surface area (Å²) >= 11 is 0. The van der Waals surface area contributed by atoms with E-state index >= 15 is 0 Å². The first-order valence-electron chi connectivity index (χ1n) is 24.3. The second-order valence-corrected chi connectivity index (χ2v) is 19.8. The highest BCUT2D eigenvalue weighted by Gasteiger charge is 2.59. The monoisotopic (exact) mass is 901 g/mol. The van der Waals surface area contributed by atoms with Gasteiger partial charge in [0, 0.05) is 45.6 Å². The standard InChI is InChI=1S/C47H84N10O7/c1-31(2)9-6-10-32(3)36-13-14-37-35-12-11-33-29-34(17-19-46(33,4)38(35)18-20-47(36,37)5)64-45(61)56-25-26-62-27-28-63-30-41(59)57-39(42(60)53-22-8-24-55-44(50)51)15-16-40(58)52-21-7-23-54-43(48)49/h11,31-32,34-39H,6-10,12-30H2,1-5H3,(H,52,58)(H,53,60)(H,56,61)(H,57,59)(H4,48,49,54)(H4,50,51,55). The van der Waals surface area contributed by atoms with Crippen molar-refractivity contribution >= 4 is 35.7 Å². The number of ether oxygens (including phenoxy) is 3. The number of nitrogens with one attached hydrogen (secondary N) is 4. The van der Waals surface area contributed by atoms with Crippen molar-refractivity contribution in [1.29, 1.82) is 0 Å². The molecule has 9 unspecified atom stereocenters. The van der Waals surface area contributed by atoms with Crippen molar-refractivity contribution in [3.63, 3.8) is 0 Å². The number of nitrogens with two attached hydrogens (primary N) is 4. The van der Waals surface area contributed by atoms with Gasteiger partial charge in [-0.3, -0.25) is 24.4 Å². The molecular formula is C47H84N10O7. The summed E-state index contributed by atoms with van der Waals surface area (Å²) in [5, 5.41) is 11.0. The number of carbonyl (C=O) groups is 4. The summed E-state index contributed by atoms with van der Waals surface area (Å²) in [6, 6.07) is -0.967. The molecule has 9 atom stereocenters. The number of aliphatic imine (C=N–C) groups is 2. The Bertz CT molecular complexity index is 1600. The van der Waals surface area contributed by atoms with Crippen LogP contribution in [0, 0.1) is 46.3 Å². The van der Waals surface area contributed by atoms with Gasteiger partial charge in [0.2, 0.25) is 17.7 Å². The van der Waals surface area contributed by atoms with E-state index in [1.165, 1.54) is 56.9 Å². The van der Waals surface area contributed by atoms with Gasteiger partial charge in [-0.25, -0.2) is 4.79 Å². The van der Waals surface area contributed by atoms with Gasteiger partial charge in [-0.05, 0) is 111 Å². The number of guanidine groups is 2. The fraction of sp³-hybridized carbons (Fsp3) is 0.830. The largest absolute Gasteiger partial charge is 0.446 e. The van der Waals surface area contributed by atoms with Gasteiger partial charge in [-0.2, -0.15) is 0 Å². The Morgan fingerprint density at radius 3 is 2.17 bits per heavy atom. The zero-order valence-electron chi connectivity index (χ0n) is 39.7. The van der Waals surface area contributed by atoms with E-state index < -0.39 is 23.9 Å². The third-order valence-electron chi connectivity index (χ3n) is 14.8. The summed E-state index contributed by atoms with van der Waals surface area (Å²) in [5.74, 6) is 3.46. The van der Waals surface area contributed by atoms with Gasteiger partial charge in [0.25, 0.3) is 0 Å². The fourth-order valence-electron chi connectivity index (χ4n) is 11.6. The molecule has 0 bridgehead atoms. The second kappa shape index (κ2) is 26.1. The van der Waals surface area contributed by atoms with Crippen LogP contribution in [0.2, 0.25) is 0 Å². The quantitative estimate of drug-likeness (QED) is 0.0253. The molecule has 0 aromatic heterocycles. The molecule has 0 heterocycles. The van der Waals surface area contributed by atoms with Gasteiger partial charge in [0.05, 0.1) is 19.8 Å². The molecule has 17 nitrogen and oxygen atoms in total. The molecule has 4 aliphatic rings. The minimum absolute atomic E-state index is 0.00274. The Labute approximate surface area is 382 Å². The average Bonchev–Trinajstić information content (AvgIpc) is 3.60. The van der Waals surface area contributed by atoms with E-state index in [1.54, 1.807) is 0 Å². The first-order valence-corrected chi connectivity index (χ1v) is 24.3. The molecule has 4 rings (SSSR count). The third kappa shape index (κ3) is 16.1. The number of carbonyl (C=O) groups excluding carboxylic acids is 4. The van der Waals surface area contributed by atoms with Crippen LogP contribution in [-0.4, -0.2) is 107 Å². The smallest absolute Gasteiger partial charge is 0.407 e. The van der Waals surface area contributed by atoms with Crippen molar-refractivity contribution in [2.45, 2.75) is 143 Å². The maximum atomic E-state index is 12.9. The molecule has 364 valence electrons. The topological polar surface area (TPSA) is 273 Å². The summed E-state index contributed by atoms with van der Waals surface area (Å²) in [4.78, 5) is 58.6. The molecular weight excluding hydrogens is 817 g/mol. The maximum absolute atomic E-state index is 12.9. The van der Waals surface area contributed by atoms with Crippen molar-refractivity contribution in [2.24, 2.45) is 79.3 Å². The second-order valence-electron chi connectivity index (χ2n) is 19.8. The number of hydrogen-bond acceptors (Lipinski definition) is 9. The maximum Gasteiger partial charge on any atom is 0.407 e. The lowest BCUT2D eigenvalue weighted by Crippen LogP contribution is -2.51. The van der Waals surface area contributed by atoms with Crippen LogP contribution in [0.1, 0.15) is 131 Å². The number of rotatable bonds is 27. The van der Waals surface area contributed by atoms with Crippen LogP contribution in [0.5, 0.6) is 0 Å². The predicted molar refractivity (Wildman–Crippen MR) is 251 cm³/mol. The predicted octanol–water partition coefficient (Wildman–Crippen LogP) is 3.98. The van der Waals surface area contributed by atoms with E-state index in [9.17, 15) is 19.2 Å². The molecule has 4 aliphatic carbocycles. The zero-order chi connectivity index (χ0) is 46.7. The number of amides is 4. The molecule has 3 saturated carbocycles. The van der Waals surface area contributed by atoms with Crippen molar-refractivity contribution in [3.8, 4) is 0 Å². The molecule has 17 heteroatoms. The van der Waals surface area contributed by atoms with Crippen LogP contribution in [0.15, 0.2) is 21.6 Å². The number of nitrogens with zero attached hydrogens (tertiary/aromatic N) is 2. The van der Waals surface area contributed by atoms with Crippen LogP contribution >= 0.6 is 0 Å². The van der Waals surface area contributed by atoms with Crippen molar-refractivity contribution in [3.05, 3.63) is 11.6 Å². The van der Waals surface area contributed by atoms with E-state index in [4.69, 9.17) is 37.1 Å². The van der Waals surface area contributed by atoms with E-state index in [-0.39, 0.29) is 81.7 Å². The van der Waals surface area contributed by atoms with Crippen LogP contribution in [0.4, 0.5) is 4.79 Å². The minimum atomic E-state index is -0.967. The lowest BCUT2D eigenvalue weighted by Gasteiger charge is -2.58. The molecule has 12 N–H and O–H groups in total. The lowest BCUT2D eigenvalue weighted by molar-refractivity contribution is -0.132. The molecule has 0 spiro atoms. The minimum Gasteiger partial charge on any atom is -0.446 e. The molecule has 0 aromatic rings. The normalized spacial score (nSPS) is 26.8. The first kappa shape index (κ1) is 52.5. The summed E-state index contributed by atoms with van der Waals surface area (Å²) in [6.07, 6.45) is 16.6. The van der Waals surface area contributed by atoms with Gasteiger partial charge in [0.15, 0.2) is 11.9 Å². The number of fused-ring (bicyclic) bond motifs is 5. The lowest BCUT2D eigenvalue weighted by atomic mass is 9.47. The number of hydrogen-bond donors (Lipinski definition) is 8. The Morgan fingerprint density at radius 2 is 1.47 bits per heavy atom. The van der Waals surface area contributed by atoms with E-state index in [0.29, 0.717) is 37.9 Å². The van der Waals surface area contributed by atoms with Gasteiger partial charge >= 0.3 is 6.09 Å². The Balaban J connectivity index is 1.11. The summed E-state index contributed by atoms with van der Waals surface area (Å²) in [5.41, 5.74) is 23.5. The van der Waals surface area contributed by atoms with Crippen LogP contribution in [-0.2, 0) is 28.6 Å². The first-order chi connectivity index (χ1) is 30.5. The highest BCUT2D eigenvalue weighted by molar-refractivity contribution is 5.88. The van der Waals surface area contributed by atoms with Gasteiger partial charge < -0.3 is 58.4 Å². The highest BCUT2D eigenvalue weighted by atomic mass is 16.6. The molecule has 4 amide bonds. The Hall–Kier alpha value is -4.12. The Kier molecular flexibility index (Phi) is 21.4. The van der Waals surface area contributed by atoms with E-state index in [1.807, 2.05) is 0 Å². The molecule has 3 fully saturated rings. The number of alkyl carbamates (subject to hydrolysis) is 1. The SMILES string of the molecule is CC(C)CCCC(C)C1CCC2C3CC=C4CC(OC(=O)NCCOCCOCC(=O)NC(CCC(=O)NCCCN=C(N)N)C(=O)NCCCN=C(N)N)CCC4(C)C3CCC12C. The van der Waals surface area contributed by atoms with Gasteiger partial charge in [-0.15, -0.1) is 0 Å². The van der Waals surface area contributed by atoms with Gasteiger partial charge in [0.1, 0.15) is 18.8 Å². The van der Waals surface area contributed by atoms with Gasteiger partial charge in [-0.1, -0.05) is 65.5 Å². The van der Waals surface area contributed by atoms with Crippen LogP contribution < -0.4 is 44.2 Å². The van der Waals surface area contributed by atoms with Crippen molar-refractivity contribution < 1.29 is 33.4 Å². The summed E-state index contributed by atoms with van der Waals surface area (Å²) in [7, 11) is 0. The molecule has 0 aliphatic heterocycles. The zero-order valence-corrected chi connectivity index (χ0v) is 39.7. The molecule has 0 aromatic carbocycles. The van der Waals surface area contributed by atoms with E-state index in [2.05, 4.69) is 71.9 Å². The van der Waals surface area contributed by atoms with E-state index in [0.717, 1.165) is 54.8 Å². The average molecular weight is 901 g/mol. The Morgan fingerprint density at radius 1 is 0.766 bits per heavy atom.